The summed E-state index contributed by atoms with van der Waals surface area (Å²) in [4.78, 5) is 7.78. The predicted molar refractivity (Wildman–Crippen MR) is 56.5 cm³/mol. The predicted octanol–water partition coefficient (Wildman–Crippen LogP) is 0.820. The Morgan fingerprint density at radius 2 is 2.40 bits per heavy atom. The summed E-state index contributed by atoms with van der Waals surface area (Å²) in [5.41, 5.74) is 1.70. The molecule has 78 valence electrons. The van der Waals surface area contributed by atoms with Crippen LogP contribution in [0.15, 0.2) is 12.3 Å². The van der Waals surface area contributed by atoms with E-state index in [0.717, 1.165) is 30.1 Å². The van der Waals surface area contributed by atoms with Crippen LogP contribution in [0.3, 0.4) is 0 Å². The second-order valence-electron chi connectivity index (χ2n) is 3.93. The third-order valence-corrected chi connectivity index (χ3v) is 2.87. The molecule has 1 aliphatic heterocycles. The molecule has 1 atom stereocenters. The van der Waals surface area contributed by atoms with Gasteiger partial charge in [0.15, 0.2) is 5.65 Å². The molecule has 2 aromatic rings. The van der Waals surface area contributed by atoms with Crippen LogP contribution in [0.25, 0.3) is 11.2 Å². The summed E-state index contributed by atoms with van der Waals surface area (Å²) in [5, 5.41) is 11.2. The van der Waals surface area contributed by atoms with Gasteiger partial charge in [-0.3, -0.25) is 0 Å². The molecule has 1 saturated heterocycles. The molecule has 1 unspecified atom stereocenters. The molecule has 0 radical (unpaired) electrons. The normalized spacial score (nSPS) is 22.0. The molecular formula is C10H13N5. The maximum absolute atomic E-state index is 4.47. The van der Waals surface area contributed by atoms with Crippen LogP contribution in [0.4, 0.5) is 0 Å². The Labute approximate surface area is 87.3 Å². The first kappa shape index (κ1) is 8.79. The zero-order chi connectivity index (χ0) is 10.1. The lowest BCUT2D eigenvalue weighted by Gasteiger charge is -2.20. The molecule has 3 rings (SSSR count). The van der Waals surface area contributed by atoms with Gasteiger partial charge >= 0.3 is 0 Å². The van der Waals surface area contributed by atoms with Gasteiger partial charge in [-0.05, 0) is 25.5 Å². The van der Waals surface area contributed by atoms with E-state index in [0.29, 0.717) is 5.92 Å². The van der Waals surface area contributed by atoms with Crippen LogP contribution in [0, 0.1) is 0 Å². The van der Waals surface area contributed by atoms with Crippen LogP contribution in [-0.4, -0.2) is 33.3 Å². The van der Waals surface area contributed by atoms with E-state index in [1.165, 1.54) is 12.8 Å². The van der Waals surface area contributed by atoms with Crippen molar-refractivity contribution in [1.82, 2.24) is 25.5 Å². The van der Waals surface area contributed by atoms with Crippen molar-refractivity contribution in [2.24, 2.45) is 0 Å². The van der Waals surface area contributed by atoms with Gasteiger partial charge in [0.25, 0.3) is 0 Å². The smallest absolute Gasteiger partial charge is 0.199 e. The molecule has 1 fully saturated rings. The molecule has 0 aromatic carbocycles. The molecule has 0 spiro atoms. The van der Waals surface area contributed by atoms with Crippen molar-refractivity contribution in [2.45, 2.75) is 18.8 Å². The number of hydrogen-bond donors (Lipinski definition) is 2. The number of rotatable bonds is 1. The molecule has 3 heterocycles. The average molecular weight is 203 g/mol. The van der Waals surface area contributed by atoms with Crippen LogP contribution in [0.2, 0.25) is 0 Å². The fourth-order valence-corrected chi connectivity index (χ4v) is 2.06. The summed E-state index contributed by atoms with van der Waals surface area (Å²) in [6, 6.07) is 1.91. The number of nitrogens with one attached hydrogen (secondary N) is 2. The highest BCUT2D eigenvalue weighted by molar-refractivity contribution is 5.69. The van der Waals surface area contributed by atoms with E-state index in [9.17, 15) is 0 Å². The van der Waals surface area contributed by atoms with Crippen LogP contribution in [0.5, 0.6) is 0 Å². The number of H-pyrrole nitrogens is 1. The van der Waals surface area contributed by atoms with Gasteiger partial charge in [0, 0.05) is 12.5 Å². The minimum atomic E-state index is 0.493. The first-order valence-electron chi connectivity index (χ1n) is 5.31. The standard InChI is InChI=1S/C10H13N5/c1-2-7(6-11-4-1)9-13-8-3-5-12-15-10(8)14-9/h3,5,7,11H,1-2,4,6H2,(H,13,14,15). The first-order chi connectivity index (χ1) is 7.43. The van der Waals surface area contributed by atoms with Gasteiger partial charge in [-0.2, -0.15) is 5.10 Å². The molecule has 0 saturated carbocycles. The lowest BCUT2D eigenvalue weighted by atomic mass is 9.99. The second-order valence-corrected chi connectivity index (χ2v) is 3.93. The van der Waals surface area contributed by atoms with Gasteiger partial charge in [0.05, 0.1) is 11.7 Å². The van der Waals surface area contributed by atoms with Crippen molar-refractivity contribution < 1.29 is 0 Å². The van der Waals surface area contributed by atoms with E-state index < -0.39 is 0 Å². The summed E-state index contributed by atoms with van der Waals surface area (Å²) in [6.07, 6.45) is 4.09. The highest BCUT2D eigenvalue weighted by Crippen LogP contribution is 2.21. The largest absolute Gasteiger partial charge is 0.340 e. The fourth-order valence-electron chi connectivity index (χ4n) is 2.06. The maximum atomic E-state index is 4.47. The molecule has 0 amide bonds. The Bertz CT molecular complexity index is 425. The van der Waals surface area contributed by atoms with E-state index in [-0.39, 0.29) is 0 Å². The molecule has 1 aliphatic rings. The lowest BCUT2D eigenvalue weighted by Crippen LogP contribution is -2.28. The van der Waals surface area contributed by atoms with Crippen LogP contribution in [-0.2, 0) is 0 Å². The molecule has 0 bridgehead atoms. The zero-order valence-electron chi connectivity index (χ0n) is 8.40. The number of aromatic nitrogens is 4. The first-order valence-corrected chi connectivity index (χ1v) is 5.31. The van der Waals surface area contributed by atoms with E-state index in [2.05, 4.69) is 25.5 Å². The van der Waals surface area contributed by atoms with Crippen molar-refractivity contribution in [1.29, 1.82) is 0 Å². The summed E-state index contributed by atoms with van der Waals surface area (Å²) in [7, 11) is 0. The number of piperidine rings is 1. The monoisotopic (exact) mass is 203 g/mol. The van der Waals surface area contributed by atoms with E-state index in [4.69, 9.17) is 0 Å². The minimum Gasteiger partial charge on any atom is -0.340 e. The Kier molecular flexibility index (Phi) is 2.10. The van der Waals surface area contributed by atoms with Crippen molar-refractivity contribution in [3.8, 4) is 0 Å². The van der Waals surface area contributed by atoms with Gasteiger partial charge in [-0.1, -0.05) is 0 Å². The van der Waals surface area contributed by atoms with Gasteiger partial charge in [-0.25, -0.2) is 4.98 Å². The number of hydrogen-bond acceptors (Lipinski definition) is 4. The van der Waals surface area contributed by atoms with Crippen LogP contribution in [0.1, 0.15) is 24.6 Å². The molecule has 2 N–H and O–H groups in total. The van der Waals surface area contributed by atoms with Gasteiger partial charge in [0.1, 0.15) is 5.82 Å². The van der Waals surface area contributed by atoms with E-state index in [1.54, 1.807) is 6.20 Å². The number of fused-ring (bicyclic) bond motifs is 1. The summed E-state index contributed by atoms with van der Waals surface area (Å²) < 4.78 is 0. The summed E-state index contributed by atoms with van der Waals surface area (Å²) >= 11 is 0. The molecular weight excluding hydrogens is 190 g/mol. The highest BCUT2D eigenvalue weighted by atomic mass is 15.1. The number of aromatic amines is 1. The molecule has 0 aliphatic carbocycles. The topological polar surface area (TPSA) is 66.5 Å². The third kappa shape index (κ3) is 1.59. The second kappa shape index (κ2) is 3.58. The van der Waals surface area contributed by atoms with Crippen molar-refractivity contribution >= 4 is 11.2 Å². The Balaban J connectivity index is 1.96. The molecule has 2 aromatic heterocycles. The van der Waals surface area contributed by atoms with Crippen molar-refractivity contribution in [2.75, 3.05) is 13.1 Å². The SMILES string of the molecule is c1cc2[nH]c(C3CCCNC3)nc2nn1. The van der Waals surface area contributed by atoms with Crippen LogP contribution >= 0.6 is 0 Å². The molecule has 15 heavy (non-hydrogen) atoms. The van der Waals surface area contributed by atoms with Crippen molar-refractivity contribution in [3.63, 3.8) is 0 Å². The van der Waals surface area contributed by atoms with Gasteiger partial charge in [-0.15, -0.1) is 5.10 Å². The number of imidazole rings is 1. The van der Waals surface area contributed by atoms with E-state index in [1.807, 2.05) is 6.07 Å². The van der Waals surface area contributed by atoms with Crippen molar-refractivity contribution in [3.05, 3.63) is 18.1 Å². The maximum Gasteiger partial charge on any atom is 0.199 e. The molecule has 5 nitrogen and oxygen atoms in total. The van der Waals surface area contributed by atoms with Gasteiger partial charge < -0.3 is 10.3 Å². The van der Waals surface area contributed by atoms with E-state index >= 15 is 0 Å². The quantitative estimate of drug-likeness (QED) is 0.720. The third-order valence-electron chi connectivity index (χ3n) is 2.87. The summed E-state index contributed by atoms with van der Waals surface area (Å²) in [5.74, 6) is 1.53. The Morgan fingerprint density at radius 1 is 1.40 bits per heavy atom. The highest BCUT2D eigenvalue weighted by Gasteiger charge is 2.18. The average Bonchev–Trinajstić information content (AvgIpc) is 2.74. The zero-order valence-corrected chi connectivity index (χ0v) is 8.40. The summed E-state index contributed by atoms with van der Waals surface area (Å²) in [6.45, 7) is 2.13. The van der Waals surface area contributed by atoms with Gasteiger partial charge in [0.2, 0.25) is 0 Å². The van der Waals surface area contributed by atoms with Crippen LogP contribution < -0.4 is 5.32 Å². The Hall–Kier alpha value is -1.49. The Morgan fingerprint density at radius 3 is 3.20 bits per heavy atom. The minimum absolute atomic E-state index is 0.493. The molecule has 5 heteroatoms. The number of nitrogens with zero attached hydrogens (tertiary/aromatic N) is 3. The lowest BCUT2D eigenvalue weighted by molar-refractivity contribution is 0.449. The fraction of sp³-hybridized carbons (Fsp3) is 0.500.